The Morgan fingerprint density at radius 1 is 0.500 bits per heavy atom. The minimum Gasteiger partial charge on any atom is -0.473 e. The highest BCUT2D eigenvalue weighted by atomic mass is 16.7. The summed E-state index contributed by atoms with van der Waals surface area (Å²) in [5, 5.41) is 72.0. The number of esters is 2. The number of unbranched alkanes of at least 4 members (excludes halogenated alkanes) is 10. The molecule has 2 rings (SSSR count). The molecular weight excluding hydrogens is 885 g/mol. The summed E-state index contributed by atoms with van der Waals surface area (Å²) in [6.45, 7) is 2.12. The van der Waals surface area contributed by atoms with Crippen LogP contribution in [0.4, 0.5) is 0 Å². The normalized spacial score (nSPS) is 26.5. The topological polar surface area (TPSA) is 250 Å². The molecule has 2 saturated heterocycles. The molecule has 7 N–H and O–H groups in total. The molecule has 386 valence electrons. The van der Waals surface area contributed by atoms with Crippen molar-refractivity contribution in [2.75, 3.05) is 26.4 Å². The van der Waals surface area contributed by atoms with Crippen molar-refractivity contribution in [2.45, 2.75) is 184 Å². The Labute approximate surface area is 402 Å². The van der Waals surface area contributed by atoms with Crippen molar-refractivity contribution < 1.29 is 83.2 Å². The Hall–Kier alpha value is -3.98. The number of ether oxygens (including phenoxy) is 8. The molecule has 0 aromatic rings. The zero-order valence-corrected chi connectivity index (χ0v) is 39.9. The fourth-order valence-corrected chi connectivity index (χ4v) is 6.76. The summed E-state index contributed by atoms with van der Waals surface area (Å²) < 4.78 is 43.9. The summed E-state index contributed by atoms with van der Waals surface area (Å²) in [6.07, 6.45) is 25.2. The number of carbonyl (C=O) groups excluding carboxylic acids is 2. The van der Waals surface area contributed by atoms with E-state index in [-0.39, 0.29) is 19.4 Å². The Kier molecular flexibility index (Phi) is 34.3. The molecule has 2 aliphatic heterocycles. The van der Waals surface area contributed by atoms with Gasteiger partial charge in [-0.3, -0.25) is 9.59 Å². The number of carbonyl (C=O) groups is 2. The fraction of sp³-hybridized carbons (Fsp3) is 0.647. The van der Waals surface area contributed by atoms with Gasteiger partial charge in [0, 0.05) is 12.8 Å². The van der Waals surface area contributed by atoms with Crippen LogP contribution in [0.5, 0.6) is 0 Å². The van der Waals surface area contributed by atoms with E-state index in [1.54, 1.807) is 25.0 Å². The largest absolute Gasteiger partial charge is 0.473 e. The van der Waals surface area contributed by atoms with Crippen LogP contribution in [0.15, 0.2) is 98.0 Å². The van der Waals surface area contributed by atoms with E-state index in [1.807, 2.05) is 60.8 Å². The van der Waals surface area contributed by atoms with Gasteiger partial charge >= 0.3 is 11.9 Å². The predicted molar refractivity (Wildman–Crippen MR) is 254 cm³/mol. The predicted octanol–water partition coefficient (Wildman–Crippen LogP) is 5.68. The molecule has 0 radical (unpaired) electrons. The lowest BCUT2D eigenvalue weighted by atomic mass is 9.98. The molecular formula is C51H80O17. The second kappa shape index (κ2) is 38.8. The van der Waals surface area contributed by atoms with E-state index in [0.717, 1.165) is 77.0 Å². The molecule has 0 aromatic heterocycles. The summed E-state index contributed by atoms with van der Waals surface area (Å²) >= 11 is 0. The first-order chi connectivity index (χ1) is 33.0. The van der Waals surface area contributed by atoms with Gasteiger partial charge in [0.2, 0.25) is 0 Å². The fourth-order valence-electron chi connectivity index (χ4n) is 6.76. The van der Waals surface area contributed by atoms with E-state index in [2.05, 4.69) is 26.0 Å². The van der Waals surface area contributed by atoms with E-state index in [0.29, 0.717) is 12.8 Å². The average molecular weight is 965 g/mol. The number of allylic oxidation sites excluding steroid dienone is 12. The Balaban J connectivity index is 1.85. The van der Waals surface area contributed by atoms with Gasteiger partial charge in [-0.05, 0) is 75.7 Å². The molecule has 0 unspecified atom stereocenters. The first-order valence-electron chi connectivity index (χ1n) is 24.2. The van der Waals surface area contributed by atoms with Crippen molar-refractivity contribution in [3.63, 3.8) is 0 Å². The number of aliphatic hydroxyl groups is 7. The van der Waals surface area contributed by atoms with Crippen LogP contribution in [0.2, 0.25) is 0 Å². The van der Waals surface area contributed by atoms with E-state index in [4.69, 9.17) is 37.9 Å². The smallest absolute Gasteiger partial charge is 0.306 e. The summed E-state index contributed by atoms with van der Waals surface area (Å²) in [6, 6.07) is 0. The Bertz CT molecular complexity index is 1550. The summed E-state index contributed by atoms with van der Waals surface area (Å²) in [4.78, 5) is 25.7. The number of aliphatic hydroxyl groups excluding tert-OH is 7. The summed E-state index contributed by atoms with van der Waals surface area (Å²) in [7, 11) is 0. The first kappa shape index (κ1) is 60.1. The van der Waals surface area contributed by atoms with E-state index >= 15 is 0 Å². The molecule has 0 saturated carbocycles. The molecule has 0 bridgehead atoms. The van der Waals surface area contributed by atoms with Crippen LogP contribution >= 0.6 is 0 Å². The van der Waals surface area contributed by atoms with Crippen molar-refractivity contribution in [3.05, 3.63) is 98.0 Å². The molecule has 11 atom stereocenters. The highest BCUT2D eigenvalue weighted by Gasteiger charge is 2.47. The molecule has 0 amide bonds. The van der Waals surface area contributed by atoms with E-state index in [1.165, 1.54) is 0 Å². The zero-order valence-electron chi connectivity index (χ0n) is 39.9. The SMILES string of the molecule is CC/C=C\C=C/O/C=C\C=C/CCCCCCCC(=O)OC[C@H](CO[C@@H]1O[C@H](CO[C@H]2O[C@H](CO)[C@H](O)[C@H](O)[C@H]2O)[C@H](O)[C@H](O)[C@H]1O)OC(=O)CCCCCCC/C=C\C=C/O/C=C\C=C/CC. The zero-order chi connectivity index (χ0) is 49.6. The number of hydrogen-bond donors (Lipinski definition) is 7. The molecule has 0 spiro atoms. The minimum absolute atomic E-state index is 0.109. The monoisotopic (exact) mass is 965 g/mol. The van der Waals surface area contributed by atoms with Crippen LogP contribution in [0.25, 0.3) is 0 Å². The van der Waals surface area contributed by atoms with Crippen molar-refractivity contribution in [1.29, 1.82) is 0 Å². The maximum Gasteiger partial charge on any atom is 0.306 e. The molecule has 17 nitrogen and oxygen atoms in total. The summed E-state index contributed by atoms with van der Waals surface area (Å²) in [5.74, 6) is -1.02. The van der Waals surface area contributed by atoms with Gasteiger partial charge in [-0.15, -0.1) is 0 Å². The quantitative estimate of drug-likeness (QED) is 0.0173. The summed E-state index contributed by atoms with van der Waals surface area (Å²) in [5.41, 5.74) is 0. The second-order valence-corrected chi connectivity index (χ2v) is 16.4. The number of rotatable bonds is 36. The lowest BCUT2D eigenvalue weighted by Crippen LogP contribution is -2.61. The van der Waals surface area contributed by atoms with Crippen molar-refractivity contribution >= 4 is 11.9 Å². The maximum atomic E-state index is 13.0. The van der Waals surface area contributed by atoms with Crippen LogP contribution in [0, 0.1) is 0 Å². The van der Waals surface area contributed by atoms with Crippen LogP contribution in [0.1, 0.15) is 117 Å². The molecule has 0 aliphatic carbocycles. The third-order valence-electron chi connectivity index (χ3n) is 10.7. The van der Waals surface area contributed by atoms with Crippen LogP contribution < -0.4 is 0 Å². The lowest BCUT2D eigenvalue weighted by molar-refractivity contribution is -0.332. The Morgan fingerprint density at radius 2 is 0.941 bits per heavy atom. The van der Waals surface area contributed by atoms with Gasteiger partial charge in [0.15, 0.2) is 18.7 Å². The van der Waals surface area contributed by atoms with Crippen molar-refractivity contribution in [2.24, 2.45) is 0 Å². The van der Waals surface area contributed by atoms with Crippen molar-refractivity contribution in [1.82, 2.24) is 0 Å². The standard InChI is InChI=1S/C51H80O17/c1-3-5-7-25-31-61-33-27-21-17-13-9-11-15-19-23-29-42(53)63-36-39(66-43(54)30-24-20-16-12-10-14-18-22-28-34-62-32-26-8-6-4-2)37-64-50-49(60)47(58)45(56)41(68-50)38-65-51-48(59)46(57)44(55)40(35-52)67-51/h5-8,17-18,21-22,25-28,31-34,39-41,44-52,55-60H,3-4,9-16,19-20,23-24,29-30,35-38H2,1-2H3/b7-5-,8-6-,21-17-,22-18-,31-25-,32-26-,33-27-,34-28-/t39-,40-,41-,44+,45+,46+,47+,48-,49-,50-,51+/m1/s1. The third kappa shape index (κ3) is 26.7. The molecule has 2 aliphatic rings. The van der Waals surface area contributed by atoms with Crippen LogP contribution in [-0.2, 0) is 47.5 Å². The third-order valence-corrected chi connectivity index (χ3v) is 10.7. The van der Waals surface area contributed by atoms with Crippen LogP contribution in [0.3, 0.4) is 0 Å². The molecule has 2 fully saturated rings. The highest BCUT2D eigenvalue weighted by Crippen LogP contribution is 2.26. The maximum absolute atomic E-state index is 13.0. The minimum atomic E-state index is -1.79. The number of hydrogen-bond acceptors (Lipinski definition) is 17. The van der Waals surface area contributed by atoms with Gasteiger partial charge in [0.05, 0.1) is 44.9 Å². The molecule has 2 heterocycles. The average Bonchev–Trinajstić information content (AvgIpc) is 3.33. The lowest BCUT2D eigenvalue weighted by Gasteiger charge is -2.42. The van der Waals surface area contributed by atoms with Gasteiger partial charge in [0.1, 0.15) is 55.4 Å². The van der Waals surface area contributed by atoms with Gasteiger partial charge in [0.25, 0.3) is 0 Å². The van der Waals surface area contributed by atoms with Crippen LogP contribution in [-0.4, -0.2) is 142 Å². The van der Waals surface area contributed by atoms with Gasteiger partial charge in [-0.25, -0.2) is 0 Å². The highest BCUT2D eigenvalue weighted by molar-refractivity contribution is 5.70. The Morgan fingerprint density at radius 3 is 1.46 bits per heavy atom. The van der Waals surface area contributed by atoms with Gasteiger partial charge < -0.3 is 73.6 Å². The van der Waals surface area contributed by atoms with Gasteiger partial charge in [-0.2, -0.15) is 0 Å². The first-order valence-corrected chi connectivity index (χ1v) is 24.2. The van der Waals surface area contributed by atoms with Gasteiger partial charge in [-0.1, -0.05) is 101 Å². The molecule has 17 heteroatoms. The van der Waals surface area contributed by atoms with Crippen molar-refractivity contribution in [3.8, 4) is 0 Å². The van der Waals surface area contributed by atoms with E-state index in [9.17, 15) is 45.3 Å². The second-order valence-electron chi connectivity index (χ2n) is 16.4. The van der Waals surface area contributed by atoms with E-state index < -0.39 is 99.3 Å². The molecule has 68 heavy (non-hydrogen) atoms. The molecule has 0 aromatic carbocycles.